The Hall–Kier alpha value is -4.47. The number of halogens is 6. The van der Waals surface area contributed by atoms with Crippen LogP contribution in [0.25, 0.3) is 0 Å². The third-order valence-electron chi connectivity index (χ3n) is 5.78. The number of benzene rings is 2. The van der Waals surface area contributed by atoms with Crippen LogP contribution in [-0.2, 0) is 44.2 Å². The van der Waals surface area contributed by atoms with Crippen LogP contribution in [0.2, 0.25) is 0 Å². The molecule has 0 unspecified atom stereocenters. The molecule has 0 radical (unpaired) electrons. The fraction of sp³-hybridized carbons (Fsp3) is 0.393. The van der Waals surface area contributed by atoms with Gasteiger partial charge >= 0.3 is 30.3 Å². The van der Waals surface area contributed by atoms with Gasteiger partial charge in [-0.1, -0.05) is 36.4 Å². The molecular weight excluding hydrogens is 606 g/mol. The van der Waals surface area contributed by atoms with Gasteiger partial charge in [0.1, 0.15) is 12.7 Å². The van der Waals surface area contributed by atoms with Gasteiger partial charge in [0.2, 0.25) is 6.29 Å². The van der Waals surface area contributed by atoms with Gasteiger partial charge in [0.15, 0.2) is 18.2 Å². The highest BCUT2D eigenvalue weighted by atomic mass is 19.4. The Kier molecular flexibility index (Phi) is 11.1. The minimum Gasteiger partial charge on any atom is -0.463 e. The number of ether oxygens (including phenoxy) is 5. The number of carbonyl (C=O) groups is 3. The highest BCUT2D eigenvalue weighted by Gasteiger charge is 2.53. The van der Waals surface area contributed by atoms with Crippen molar-refractivity contribution < 1.29 is 64.4 Å². The lowest BCUT2D eigenvalue weighted by molar-refractivity contribution is -0.260. The Bertz CT molecular complexity index is 1380. The molecule has 0 spiro atoms. The number of esters is 3. The first kappa shape index (κ1) is 34.0. The molecular formula is C28H26F6N2O8. The van der Waals surface area contributed by atoms with E-state index in [0.717, 1.165) is 39.0 Å². The first-order valence-corrected chi connectivity index (χ1v) is 12.8. The average Bonchev–Trinajstić information content (AvgIpc) is 2.91. The maximum Gasteiger partial charge on any atom is 0.468 e. The van der Waals surface area contributed by atoms with Crippen molar-refractivity contribution in [2.75, 3.05) is 6.61 Å². The molecule has 0 aromatic heterocycles. The largest absolute Gasteiger partial charge is 0.468 e. The lowest BCUT2D eigenvalue weighted by Crippen LogP contribution is -2.62. The Balaban J connectivity index is 2.18. The molecule has 2 aromatic carbocycles. The van der Waals surface area contributed by atoms with Crippen molar-refractivity contribution in [3.63, 3.8) is 0 Å². The quantitative estimate of drug-likeness (QED) is 0.132. The van der Waals surface area contributed by atoms with Crippen molar-refractivity contribution in [2.45, 2.75) is 63.8 Å². The number of rotatable bonds is 8. The summed E-state index contributed by atoms with van der Waals surface area (Å²) < 4.78 is 110. The molecule has 238 valence electrons. The summed E-state index contributed by atoms with van der Waals surface area (Å²) in [5, 5.41) is 0. The van der Waals surface area contributed by atoms with E-state index in [1.807, 2.05) is 0 Å². The van der Waals surface area contributed by atoms with E-state index < -0.39 is 84.5 Å². The van der Waals surface area contributed by atoms with Gasteiger partial charge < -0.3 is 23.7 Å². The Labute approximate surface area is 246 Å². The van der Waals surface area contributed by atoms with E-state index in [9.17, 15) is 40.7 Å². The second-order valence-electron chi connectivity index (χ2n) is 9.22. The normalized spacial score (nSPS) is 22.8. The Morgan fingerprint density at radius 2 is 1.41 bits per heavy atom. The predicted octanol–water partition coefficient (Wildman–Crippen LogP) is 4.95. The summed E-state index contributed by atoms with van der Waals surface area (Å²) in [5.41, 5.74) is -1.81. The van der Waals surface area contributed by atoms with E-state index in [1.54, 1.807) is 0 Å². The maximum absolute atomic E-state index is 14.1. The fourth-order valence-electron chi connectivity index (χ4n) is 4.06. The van der Waals surface area contributed by atoms with Gasteiger partial charge in [-0.15, -0.1) is 0 Å². The van der Waals surface area contributed by atoms with Crippen molar-refractivity contribution >= 4 is 35.7 Å². The summed E-state index contributed by atoms with van der Waals surface area (Å²) in [6.45, 7) is 2.19. The van der Waals surface area contributed by atoms with Crippen LogP contribution in [-0.4, -0.2) is 73.4 Å². The van der Waals surface area contributed by atoms with E-state index in [0.29, 0.717) is 6.21 Å². The summed E-state index contributed by atoms with van der Waals surface area (Å²) in [7, 11) is 0. The molecule has 1 aliphatic rings. The smallest absolute Gasteiger partial charge is 0.463 e. The SMILES string of the molecule is CC(=O)OC[C@H]1O[C@@H](OC(=Nc2ccccc2)C(F)(F)F)[C@H](N=Cc2ccccc2C(F)(F)F)[C@@H](OC(C)=O)[C@@H]1OC(C)=O. The number of nitrogens with zero attached hydrogens (tertiary/aromatic N) is 2. The van der Waals surface area contributed by atoms with Crippen LogP contribution < -0.4 is 0 Å². The fourth-order valence-corrected chi connectivity index (χ4v) is 4.06. The van der Waals surface area contributed by atoms with Gasteiger partial charge in [-0.25, -0.2) is 4.99 Å². The van der Waals surface area contributed by atoms with E-state index >= 15 is 0 Å². The van der Waals surface area contributed by atoms with Gasteiger partial charge in [-0.2, -0.15) is 26.3 Å². The van der Waals surface area contributed by atoms with Crippen molar-refractivity contribution in [1.82, 2.24) is 0 Å². The second-order valence-corrected chi connectivity index (χ2v) is 9.22. The van der Waals surface area contributed by atoms with Gasteiger partial charge in [-0.05, 0) is 18.2 Å². The zero-order valence-electron chi connectivity index (χ0n) is 23.3. The van der Waals surface area contributed by atoms with E-state index in [-0.39, 0.29) is 5.69 Å². The molecule has 10 nitrogen and oxygen atoms in total. The molecule has 0 aliphatic carbocycles. The zero-order chi connectivity index (χ0) is 32.7. The highest BCUT2D eigenvalue weighted by Crippen LogP contribution is 2.34. The molecule has 5 atom stereocenters. The molecule has 1 saturated heterocycles. The Morgan fingerprint density at radius 1 is 0.818 bits per heavy atom. The average molecular weight is 633 g/mol. The van der Waals surface area contributed by atoms with E-state index in [4.69, 9.17) is 23.7 Å². The second kappa shape index (κ2) is 14.3. The number of hydrogen-bond donors (Lipinski definition) is 0. The molecule has 1 aliphatic heterocycles. The Morgan fingerprint density at radius 3 is 1.98 bits per heavy atom. The molecule has 1 heterocycles. The lowest BCUT2D eigenvalue weighted by Gasteiger charge is -2.43. The first-order chi connectivity index (χ1) is 20.6. The minimum atomic E-state index is -5.23. The zero-order valence-corrected chi connectivity index (χ0v) is 23.3. The lowest BCUT2D eigenvalue weighted by atomic mass is 9.96. The molecule has 16 heteroatoms. The topological polar surface area (TPSA) is 122 Å². The molecule has 0 bridgehead atoms. The predicted molar refractivity (Wildman–Crippen MR) is 140 cm³/mol. The van der Waals surface area contributed by atoms with Crippen molar-refractivity contribution in [3.8, 4) is 0 Å². The third-order valence-corrected chi connectivity index (χ3v) is 5.78. The van der Waals surface area contributed by atoms with Crippen LogP contribution in [0.5, 0.6) is 0 Å². The third kappa shape index (κ3) is 9.52. The van der Waals surface area contributed by atoms with Crippen molar-refractivity contribution in [3.05, 3.63) is 65.7 Å². The summed E-state index contributed by atoms with van der Waals surface area (Å²) in [6.07, 6.45) is -16.6. The first-order valence-electron chi connectivity index (χ1n) is 12.8. The highest BCUT2D eigenvalue weighted by molar-refractivity contribution is 5.85. The van der Waals surface area contributed by atoms with Crippen molar-refractivity contribution in [2.24, 2.45) is 9.98 Å². The van der Waals surface area contributed by atoms with E-state index in [1.165, 1.54) is 36.4 Å². The van der Waals surface area contributed by atoms with Gasteiger partial charge in [0.05, 0.1) is 11.3 Å². The van der Waals surface area contributed by atoms with Crippen molar-refractivity contribution in [1.29, 1.82) is 0 Å². The van der Waals surface area contributed by atoms with Gasteiger partial charge in [-0.3, -0.25) is 19.4 Å². The van der Waals surface area contributed by atoms with Gasteiger partial charge in [0.25, 0.3) is 5.90 Å². The molecule has 0 N–H and O–H groups in total. The van der Waals surface area contributed by atoms with Gasteiger partial charge in [0, 0.05) is 32.5 Å². The minimum absolute atomic E-state index is 0.180. The number of carbonyl (C=O) groups excluding carboxylic acids is 3. The van der Waals surface area contributed by atoms with Crippen LogP contribution in [0.15, 0.2) is 64.6 Å². The molecule has 1 fully saturated rings. The standard InChI is InChI=1S/C28H26F6N2O8/c1-15(37)40-14-21-23(41-16(2)38)24(42-17(3)39)22(35-13-18-9-7-8-12-20(18)27(29,30)31)25(43-21)44-26(28(32,33)34)36-19-10-5-4-6-11-19/h4-13,21-25H,14H2,1-3H3/t21-,22-,23-,24-,25+/m1/s1. The van der Waals surface area contributed by atoms with Crippen LogP contribution in [0, 0.1) is 0 Å². The molecule has 44 heavy (non-hydrogen) atoms. The van der Waals surface area contributed by atoms with Crippen LogP contribution >= 0.6 is 0 Å². The number of hydrogen-bond acceptors (Lipinski definition) is 10. The molecule has 3 rings (SSSR count). The monoisotopic (exact) mass is 632 g/mol. The maximum atomic E-state index is 14.1. The molecule has 0 amide bonds. The van der Waals surface area contributed by atoms with Crippen LogP contribution in [0.4, 0.5) is 32.0 Å². The number of alkyl halides is 6. The molecule has 2 aromatic rings. The van der Waals surface area contributed by atoms with Crippen LogP contribution in [0.3, 0.4) is 0 Å². The number of aliphatic imine (C=N–C) groups is 2. The van der Waals surface area contributed by atoms with E-state index in [2.05, 4.69) is 9.98 Å². The molecule has 0 saturated carbocycles. The summed E-state index contributed by atoms with van der Waals surface area (Å²) >= 11 is 0. The van der Waals surface area contributed by atoms with Crippen LogP contribution in [0.1, 0.15) is 31.9 Å². The summed E-state index contributed by atoms with van der Waals surface area (Å²) in [6, 6.07) is 9.11. The number of para-hydroxylation sites is 1. The summed E-state index contributed by atoms with van der Waals surface area (Å²) in [5.74, 6) is -4.68. The summed E-state index contributed by atoms with van der Waals surface area (Å²) in [4.78, 5) is 43.1.